The summed E-state index contributed by atoms with van der Waals surface area (Å²) in [7, 11) is 1.54. The number of anilines is 1. The van der Waals surface area contributed by atoms with Crippen molar-refractivity contribution in [2.45, 2.75) is 6.92 Å². The van der Waals surface area contributed by atoms with E-state index in [1.54, 1.807) is 48.5 Å². The number of carbonyl (C=O) groups is 2. The standard InChI is InChI=1S/C41H36N4O5/c1-3-49-39-26-29(18-25-38(39)50-28-40(46)43-34-16-10-11-17-37(34)48-2)27-42-44-41(47)32-19-21-33(22-20-32)45-35(30-12-6-4-7-13-30)23-24-36(45)31-14-8-5-9-15-31/h4-27H,3,28H2,1-2H3,(H,43,46)(H,44,47)/b42-27-. The van der Waals surface area contributed by atoms with Crippen molar-refractivity contribution < 1.29 is 23.8 Å². The van der Waals surface area contributed by atoms with Gasteiger partial charge in [-0.2, -0.15) is 5.10 Å². The van der Waals surface area contributed by atoms with Crippen LogP contribution in [0.3, 0.4) is 0 Å². The lowest BCUT2D eigenvalue weighted by Crippen LogP contribution is -2.20. The number of nitrogens with one attached hydrogen (secondary N) is 2. The Labute approximate surface area is 290 Å². The van der Waals surface area contributed by atoms with Gasteiger partial charge in [0, 0.05) is 11.3 Å². The van der Waals surface area contributed by atoms with E-state index in [0.717, 1.165) is 28.2 Å². The first-order valence-electron chi connectivity index (χ1n) is 16.1. The molecule has 1 aromatic heterocycles. The highest BCUT2D eigenvalue weighted by Crippen LogP contribution is 2.33. The topological polar surface area (TPSA) is 103 Å². The summed E-state index contributed by atoms with van der Waals surface area (Å²) in [5.41, 5.74) is 9.49. The average molecular weight is 665 g/mol. The van der Waals surface area contributed by atoms with Crippen LogP contribution in [0.25, 0.3) is 28.2 Å². The van der Waals surface area contributed by atoms with Crippen LogP contribution in [0.2, 0.25) is 0 Å². The summed E-state index contributed by atoms with van der Waals surface area (Å²) in [6.07, 6.45) is 1.52. The van der Waals surface area contributed by atoms with E-state index in [2.05, 4.69) is 56.8 Å². The van der Waals surface area contributed by atoms with E-state index in [4.69, 9.17) is 14.2 Å². The Morgan fingerprint density at radius 2 is 1.34 bits per heavy atom. The molecule has 6 rings (SSSR count). The number of ether oxygens (including phenoxy) is 3. The number of hydrogen-bond acceptors (Lipinski definition) is 6. The Kier molecular flexibility index (Phi) is 10.6. The molecular formula is C41H36N4O5. The van der Waals surface area contributed by atoms with Crippen LogP contribution in [-0.2, 0) is 4.79 Å². The fourth-order valence-corrected chi connectivity index (χ4v) is 5.45. The van der Waals surface area contributed by atoms with E-state index in [1.165, 1.54) is 13.3 Å². The zero-order valence-corrected chi connectivity index (χ0v) is 27.7. The van der Waals surface area contributed by atoms with Crippen molar-refractivity contribution in [3.05, 3.63) is 151 Å². The second-order valence-electron chi connectivity index (χ2n) is 11.1. The maximum Gasteiger partial charge on any atom is 0.271 e. The molecule has 250 valence electrons. The molecule has 2 amide bonds. The summed E-state index contributed by atoms with van der Waals surface area (Å²) < 4.78 is 19.0. The Balaban J connectivity index is 1.12. The van der Waals surface area contributed by atoms with E-state index < -0.39 is 0 Å². The van der Waals surface area contributed by atoms with Gasteiger partial charge in [0.25, 0.3) is 11.8 Å². The highest BCUT2D eigenvalue weighted by atomic mass is 16.5. The largest absolute Gasteiger partial charge is 0.495 e. The molecule has 5 aromatic carbocycles. The molecule has 6 aromatic rings. The summed E-state index contributed by atoms with van der Waals surface area (Å²) in [5.74, 6) is 0.698. The van der Waals surface area contributed by atoms with Crippen molar-refractivity contribution in [3.63, 3.8) is 0 Å². The fourth-order valence-electron chi connectivity index (χ4n) is 5.45. The van der Waals surface area contributed by atoms with Gasteiger partial charge in [-0.1, -0.05) is 72.8 Å². The number of para-hydroxylation sites is 2. The molecule has 0 atom stereocenters. The number of rotatable bonds is 13. The third kappa shape index (κ3) is 7.91. The second kappa shape index (κ2) is 16.0. The number of nitrogens with zero attached hydrogens (tertiary/aromatic N) is 2. The van der Waals surface area contributed by atoms with Gasteiger partial charge in [0.2, 0.25) is 0 Å². The van der Waals surface area contributed by atoms with E-state index in [1.807, 2.05) is 61.5 Å². The van der Waals surface area contributed by atoms with Crippen LogP contribution in [0, 0.1) is 0 Å². The lowest BCUT2D eigenvalue weighted by molar-refractivity contribution is -0.118. The molecule has 9 heteroatoms. The van der Waals surface area contributed by atoms with Gasteiger partial charge in [-0.15, -0.1) is 0 Å². The van der Waals surface area contributed by atoms with Gasteiger partial charge in [-0.3, -0.25) is 9.59 Å². The fraction of sp³-hybridized carbons (Fsp3) is 0.0976. The number of amides is 2. The Hall–Kier alpha value is -6.61. The summed E-state index contributed by atoms with van der Waals surface area (Å²) in [6.45, 7) is 2.01. The molecule has 0 bridgehead atoms. The van der Waals surface area contributed by atoms with Gasteiger partial charge in [0.15, 0.2) is 18.1 Å². The Morgan fingerprint density at radius 3 is 1.98 bits per heavy atom. The zero-order valence-electron chi connectivity index (χ0n) is 27.7. The molecule has 0 aliphatic carbocycles. The second-order valence-corrected chi connectivity index (χ2v) is 11.1. The summed E-state index contributed by atoms with van der Waals surface area (Å²) in [6, 6.07) is 44.4. The van der Waals surface area contributed by atoms with Gasteiger partial charge in [0.05, 0.1) is 37.0 Å². The lowest BCUT2D eigenvalue weighted by Gasteiger charge is -2.15. The van der Waals surface area contributed by atoms with Crippen molar-refractivity contribution in [3.8, 4) is 45.5 Å². The first kappa shape index (κ1) is 33.3. The number of carbonyl (C=O) groups excluding carboxylic acids is 2. The first-order valence-corrected chi connectivity index (χ1v) is 16.1. The van der Waals surface area contributed by atoms with Crippen LogP contribution in [0.4, 0.5) is 5.69 Å². The quantitative estimate of drug-likeness (QED) is 0.0962. The molecule has 1 heterocycles. The smallest absolute Gasteiger partial charge is 0.271 e. The minimum absolute atomic E-state index is 0.230. The summed E-state index contributed by atoms with van der Waals surface area (Å²) >= 11 is 0. The van der Waals surface area contributed by atoms with Gasteiger partial charge in [-0.05, 0) is 90.3 Å². The van der Waals surface area contributed by atoms with Gasteiger partial charge >= 0.3 is 0 Å². The predicted molar refractivity (Wildman–Crippen MR) is 196 cm³/mol. The van der Waals surface area contributed by atoms with Gasteiger partial charge < -0.3 is 24.1 Å². The molecule has 0 spiro atoms. The Bertz CT molecular complexity index is 2030. The normalized spacial score (nSPS) is 10.8. The predicted octanol–water partition coefficient (Wildman–Crippen LogP) is 8.00. The third-order valence-electron chi connectivity index (χ3n) is 7.79. The molecule has 9 nitrogen and oxygen atoms in total. The van der Waals surface area contributed by atoms with Crippen LogP contribution < -0.4 is 25.0 Å². The zero-order chi connectivity index (χ0) is 34.7. The van der Waals surface area contributed by atoms with Crippen LogP contribution in [-0.4, -0.2) is 42.9 Å². The van der Waals surface area contributed by atoms with Crippen molar-refractivity contribution in [2.24, 2.45) is 5.10 Å². The summed E-state index contributed by atoms with van der Waals surface area (Å²) in [5, 5.41) is 6.95. The molecule has 0 saturated carbocycles. The number of hydrazone groups is 1. The molecule has 0 unspecified atom stereocenters. The van der Waals surface area contributed by atoms with Crippen LogP contribution in [0.15, 0.2) is 145 Å². The molecule has 0 saturated heterocycles. The maximum atomic E-state index is 13.0. The summed E-state index contributed by atoms with van der Waals surface area (Å²) in [4.78, 5) is 25.6. The molecule has 0 fully saturated rings. The van der Waals surface area contributed by atoms with Crippen LogP contribution >= 0.6 is 0 Å². The number of methoxy groups -OCH3 is 1. The molecule has 0 aliphatic heterocycles. The number of aromatic nitrogens is 1. The first-order chi connectivity index (χ1) is 24.5. The number of benzene rings is 5. The SMILES string of the molecule is CCOc1cc(/C=N\NC(=O)c2ccc(-n3c(-c4ccccc4)ccc3-c3ccccc3)cc2)ccc1OCC(=O)Nc1ccccc1OC. The molecule has 50 heavy (non-hydrogen) atoms. The van der Waals surface area contributed by atoms with Crippen molar-refractivity contribution in [2.75, 3.05) is 25.6 Å². The van der Waals surface area contributed by atoms with E-state index >= 15 is 0 Å². The third-order valence-corrected chi connectivity index (χ3v) is 7.79. The minimum atomic E-state index is -0.349. The van der Waals surface area contributed by atoms with Crippen LogP contribution in [0.1, 0.15) is 22.8 Å². The van der Waals surface area contributed by atoms with Crippen LogP contribution in [0.5, 0.6) is 17.2 Å². The highest BCUT2D eigenvalue weighted by molar-refractivity contribution is 5.95. The molecule has 0 radical (unpaired) electrons. The maximum absolute atomic E-state index is 13.0. The lowest BCUT2D eigenvalue weighted by atomic mass is 10.1. The molecule has 2 N–H and O–H groups in total. The molecule has 0 aliphatic rings. The van der Waals surface area contributed by atoms with Crippen molar-refractivity contribution >= 4 is 23.7 Å². The minimum Gasteiger partial charge on any atom is -0.495 e. The van der Waals surface area contributed by atoms with Crippen molar-refractivity contribution in [1.82, 2.24) is 9.99 Å². The van der Waals surface area contributed by atoms with Crippen molar-refractivity contribution in [1.29, 1.82) is 0 Å². The van der Waals surface area contributed by atoms with Gasteiger partial charge in [0.1, 0.15) is 5.75 Å². The molecular weight excluding hydrogens is 628 g/mol. The van der Waals surface area contributed by atoms with E-state index in [0.29, 0.717) is 40.7 Å². The Morgan fingerprint density at radius 1 is 0.700 bits per heavy atom. The van der Waals surface area contributed by atoms with Gasteiger partial charge in [-0.25, -0.2) is 5.43 Å². The highest BCUT2D eigenvalue weighted by Gasteiger charge is 2.15. The monoisotopic (exact) mass is 664 g/mol. The average Bonchev–Trinajstić information content (AvgIpc) is 3.61. The van der Waals surface area contributed by atoms with E-state index in [-0.39, 0.29) is 18.4 Å². The van der Waals surface area contributed by atoms with E-state index in [9.17, 15) is 9.59 Å². The number of hydrogen-bond donors (Lipinski definition) is 2.